The summed E-state index contributed by atoms with van der Waals surface area (Å²) >= 11 is 7.65. The molecule has 0 fully saturated rings. The fourth-order valence-corrected chi connectivity index (χ4v) is 2.85. The third-order valence-electron chi connectivity index (χ3n) is 2.88. The van der Waals surface area contributed by atoms with Crippen molar-refractivity contribution in [1.29, 1.82) is 0 Å². The molecule has 0 aromatic carbocycles. The Labute approximate surface area is 116 Å². The summed E-state index contributed by atoms with van der Waals surface area (Å²) in [6, 6.07) is 2.08. The number of alkyl halides is 1. The normalized spacial score (nSPS) is 10.7. The lowest BCUT2D eigenvalue weighted by atomic mass is 10.2. The van der Waals surface area contributed by atoms with Crippen molar-refractivity contribution in [2.75, 3.05) is 11.9 Å². The highest BCUT2D eigenvalue weighted by atomic mass is 35.5. The van der Waals surface area contributed by atoms with Gasteiger partial charge in [-0.15, -0.1) is 22.9 Å². The monoisotopic (exact) mass is 281 g/mol. The second-order valence-corrected chi connectivity index (χ2v) is 5.51. The highest BCUT2D eigenvalue weighted by Crippen LogP contribution is 2.24. The molecule has 0 atom stereocenters. The van der Waals surface area contributed by atoms with Crippen LogP contribution in [-0.2, 0) is 12.4 Å². The Morgan fingerprint density at radius 1 is 1.33 bits per heavy atom. The second kappa shape index (κ2) is 5.67. The number of hydrogen-bond acceptors (Lipinski definition) is 4. The Kier molecular flexibility index (Phi) is 4.19. The van der Waals surface area contributed by atoms with E-state index in [-0.39, 0.29) is 0 Å². The second-order valence-electron chi connectivity index (χ2n) is 4.31. The molecule has 0 radical (unpaired) electrons. The van der Waals surface area contributed by atoms with Crippen molar-refractivity contribution in [1.82, 2.24) is 9.97 Å². The molecule has 0 amide bonds. The highest BCUT2D eigenvalue weighted by molar-refractivity contribution is 7.09. The van der Waals surface area contributed by atoms with Crippen LogP contribution in [0.5, 0.6) is 0 Å². The number of aryl methyl sites for hydroxylation is 2. The molecule has 0 N–H and O–H groups in total. The lowest BCUT2D eigenvalue weighted by Gasteiger charge is -2.21. The average molecular weight is 282 g/mol. The summed E-state index contributed by atoms with van der Waals surface area (Å²) in [5.74, 6) is 0.481. The Morgan fingerprint density at radius 3 is 2.72 bits per heavy atom. The van der Waals surface area contributed by atoms with Crippen molar-refractivity contribution in [2.45, 2.75) is 26.3 Å². The molecular weight excluding hydrogens is 266 g/mol. The van der Waals surface area contributed by atoms with Crippen molar-refractivity contribution >= 4 is 28.6 Å². The molecule has 96 valence electrons. The van der Waals surface area contributed by atoms with E-state index in [9.17, 15) is 0 Å². The molecule has 0 aliphatic rings. The summed E-state index contributed by atoms with van der Waals surface area (Å²) in [5.41, 5.74) is 6.20. The van der Waals surface area contributed by atoms with E-state index >= 15 is 0 Å². The number of halogens is 1. The number of nitrogens with zero attached hydrogens (tertiary/aromatic N) is 3. The number of rotatable bonds is 4. The van der Waals surface area contributed by atoms with Crippen molar-refractivity contribution in [3.63, 3.8) is 0 Å². The van der Waals surface area contributed by atoms with Gasteiger partial charge in [-0.25, -0.2) is 4.98 Å². The van der Waals surface area contributed by atoms with Crippen LogP contribution in [0, 0.1) is 13.8 Å². The lowest BCUT2D eigenvalue weighted by Crippen LogP contribution is -2.18. The lowest BCUT2D eigenvalue weighted by molar-refractivity contribution is 0.912. The predicted octanol–water partition coefficient (Wildman–Crippen LogP) is 3.53. The van der Waals surface area contributed by atoms with Gasteiger partial charge < -0.3 is 4.90 Å². The van der Waals surface area contributed by atoms with Crippen LogP contribution in [0.15, 0.2) is 17.8 Å². The highest BCUT2D eigenvalue weighted by Gasteiger charge is 2.11. The van der Waals surface area contributed by atoms with Gasteiger partial charge >= 0.3 is 0 Å². The van der Waals surface area contributed by atoms with Gasteiger partial charge in [0.05, 0.1) is 23.6 Å². The number of thiazole rings is 1. The summed E-state index contributed by atoms with van der Waals surface area (Å²) in [4.78, 5) is 12.0. The van der Waals surface area contributed by atoms with Gasteiger partial charge in [0.15, 0.2) is 0 Å². The summed E-state index contributed by atoms with van der Waals surface area (Å²) in [7, 11) is 2.07. The van der Waals surface area contributed by atoms with Gasteiger partial charge in [-0.1, -0.05) is 0 Å². The van der Waals surface area contributed by atoms with Gasteiger partial charge in [0.25, 0.3) is 0 Å². The van der Waals surface area contributed by atoms with E-state index in [2.05, 4.69) is 28.0 Å². The fourth-order valence-electron chi connectivity index (χ4n) is 1.81. The molecule has 5 heteroatoms. The van der Waals surface area contributed by atoms with Crippen LogP contribution >= 0.6 is 22.9 Å². The molecule has 2 aromatic rings. The van der Waals surface area contributed by atoms with E-state index in [1.165, 1.54) is 4.88 Å². The van der Waals surface area contributed by atoms with Gasteiger partial charge in [0, 0.05) is 35.1 Å². The van der Waals surface area contributed by atoms with Crippen molar-refractivity contribution in [2.24, 2.45) is 0 Å². The molecule has 0 saturated heterocycles. The number of anilines is 1. The minimum atomic E-state index is 0.481. The first-order valence-electron chi connectivity index (χ1n) is 5.73. The maximum atomic E-state index is 5.97. The number of hydrogen-bond donors (Lipinski definition) is 0. The first kappa shape index (κ1) is 13.3. The van der Waals surface area contributed by atoms with E-state index in [4.69, 9.17) is 11.6 Å². The topological polar surface area (TPSA) is 29.0 Å². The first-order chi connectivity index (χ1) is 8.61. The number of pyridine rings is 1. The Bertz CT molecular complexity index is 539. The van der Waals surface area contributed by atoms with Crippen molar-refractivity contribution in [3.8, 4) is 0 Å². The molecule has 0 bridgehead atoms. The first-order valence-corrected chi connectivity index (χ1v) is 7.15. The van der Waals surface area contributed by atoms with E-state index in [1.54, 1.807) is 11.3 Å². The minimum absolute atomic E-state index is 0.481. The van der Waals surface area contributed by atoms with Gasteiger partial charge in [-0.2, -0.15) is 0 Å². The van der Waals surface area contributed by atoms with E-state index in [1.807, 2.05) is 25.6 Å². The van der Waals surface area contributed by atoms with Gasteiger partial charge in [-0.3, -0.25) is 4.98 Å². The Hall–Kier alpha value is -1.13. The van der Waals surface area contributed by atoms with E-state index in [0.717, 1.165) is 29.2 Å². The SMILES string of the molecule is Cc1cc(N(C)Cc2scnc2C)c(CCl)cn1. The van der Waals surface area contributed by atoms with Gasteiger partial charge in [0.1, 0.15) is 0 Å². The van der Waals surface area contributed by atoms with Crippen LogP contribution in [0.2, 0.25) is 0 Å². The van der Waals surface area contributed by atoms with Crippen LogP contribution in [0.3, 0.4) is 0 Å². The van der Waals surface area contributed by atoms with E-state index in [0.29, 0.717) is 5.88 Å². The van der Waals surface area contributed by atoms with Crippen LogP contribution in [0.4, 0.5) is 5.69 Å². The Balaban J connectivity index is 2.25. The smallest absolute Gasteiger partial charge is 0.0798 e. The van der Waals surface area contributed by atoms with Crippen LogP contribution < -0.4 is 4.90 Å². The minimum Gasteiger partial charge on any atom is -0.369 e. The van der Waals surface area contributed by atoms with Gasteiger partial charge in [-0.05, 0) is 19.9 Å². The average Bonchev–Trinajstić information content (AvgIpc) is 2.75. The molecule has 0 aliphatic heterocycles. The maximum Gasteiger partial charge on any atom is 0.0798 e. The number of aromatic nitrogens is 2. The summed E-state index contributed by atoms with van der Waals surface area (Å²) in [5, 5.41) is 0. The molecule has 0 aliphatic carbocycles. The fraction of sp³-hybridized carbons (Fsp3) is 0.385. The quantitative estimate of drug-likeness (QED) is 0.803. The van der Waals surface area contributed by atoms with Crippen LogP contribution in [-0.4, -0.2) is 17.0 Å². The zero-order chi connectivity index (χ0) is 13.1. The van der Waals surface area contributed by atoms with Crippen LogP contribution in [0.25, 0.3) is 0 Å². The zero-order valence-electron chi connectivity index (χ0n) is 10.8. The Morgan fingerprint density at radius 2 is 2.11 bits per heavy atom. The molecule has 0 saturated carbocycles. The molecule has 2 aromatic heterocycles. The molecule has 2 heterocycles. The summed E-state index contributed by atoms with van der Waals surface area (Å²) in [6.07, 6.45) is 1.85. The standard InChI is InChI=1S/C13H16ClN3S/c1-9-4-12(11(5-14)6-15-9)17(3)7-13-10(2)16-8-18-13/h4,6,8H,5,7H2,1-3H3. The molecule has 0 unspecified atom stereocenters. The third kappa shape index (κ3) is 2.82. The zero-order valence-corrected chi connectivity index (χ0v) is 12.3. The third-order valence-corrected chi connectivity index (χ3v) is 4.09. The van der Waals surface area contributed by atoms with Gasteiger partial charge in [0.2, 0.25) is 0 Å². The molecule has 0 spiro atoms. The van der Waals surface area contributed by atoms with E-state index < -0.39 is 0 Å². The molecular formula is C13H16ClN3S. The summed E-state index contributed by atoms with van der Waals surface area (Å²) in [6.45, 7) is 4.89. The molecule has 3 nitrogen and oxygen atoms in total. The maximum absolute atomic E-state index is 5.97. The van der Waals surface area contributed by atoms with Crippen molar-refractivity contribution in [3.05, 3.63) is 39.6 Å². The largest absolute Gasteiger partial charge is 0.369 e. The summed E-state index contributed by atoms with van der Waals surface area (Å²) < 4.78 is 0. The molecule has 18 heavy (non-hydrogen) atoms. The van der Waals surface area contributed by atoms with Crippen LogP contribution in [0.1, 0.15) is 21.8 Å². The predicted molar refractivity (Wildman–Crippen MR) is 77.5 cm³/mol. The molecule has 2 rings (SSSR count). The van der Waals surface area contributed by atoms with Crippen molar-refractivity contribution < 1.29 is 0 Å².